The van der Waals surface area contributed by atoms with Crippen LogP contribution in [0.5, 0.6) is 0 Å². The number of benzene rings is 1. The highest BCUT2D eigenvalue weighted by molar-refractivity contribution is 5.85. The summed E-state index contributed by atoms with van der Waals surface area (Å²) >= 11 is 0. The van der Waals surface area contributed by atoms with E-state index in [0.29, 0.717) is 5.56 Å². The number of carbonyl (C=O) groups excluding carboxylic acids is 1. The van der Waals surface area contributed by atoms with E-state index in [2.05, 4.69) is 0 Å². The van der Waals surface area contributed by atoms with E-state index in [4.69, 9.17) is 5.73 Å². The van der Waals surface area contributed by atoms with E-state index in [1.807, 2.05) is 12.2 Å². The lowest BCUT2D eigenvalue weighted by atomic mass is 10.1. The molecule has 0 heterocycles. The molecule has 0 aliphatic rings. The molecule has 1 amide bonds. The summed E-state index contributed by atoms with van der Waals surface area (Å²) < 4.78 is 37.7. The third-order valence-corrected chi connectivity index (χ3v) is 2.76. The number of hydrogen-bond donors (Lipinski definition) is 1. The molecule has 0 radical (unpaired) electrons. The minimum atomic E-state index is -4.32. The molecule has 0 aromatic heterocycles. The van der Waals surface area contributed by atoms with E-state index < -0.39 is 17.6 Å². The van der Waals surface area contributed by atoms with Crippen LogP contribution in [0.3, 0.4) is 0 Å². The van der Waals surface area contributed by atoms with Gasteiger partial charge in [0.25, 0.3) is 0 Å². The van der Waals surface area contributed by atoms with Crippen molar-refractivity contribution in [2.45, 2.75) is 19.0 Å². The van der Waals surface area contributed by atoms with E-state index in [0.717, 1.165) is 25.0 Å². The number of carbonyl (C=O) groups is 1. The first-order valence-corrected chi connectivity index (χ1v) is 7.02. The van der Waals surface area contributed by atoms with Crippen LogP contribution in [0.4, 0.5) is 13.2 Å². The summed E-state index contributed by atoms with van der Waals surface area (Å²) in [6.45, 7) is 0. The Labute approximate surface area is 133 Å². The van der Waals surface area contributed by atoms with E-state index in [-0.39, 0.29) is 0 Å². The molecule has 5 heteroatoms. The number of primary amides is 1. The first-order chi connectivity index (χ1) is 10.9. The number of allylic oxidation sites excluding steroid dienone is 6. The fourth-order valence-electron chi connectivity index (χ4n) is 1.68. The van der Waals surface area contributed by atoms with Gasteiger partial charge in [0, 0.05) is 6.08 Å². The fraction of sp³-hybridized carbons (Fsp3) is 0.167. The summed E-state index contributed by atoms with van der Waals surface area (Å²) in [5.74, 6) is -0.491. The molecule has 1 aromatic rings. The van der Waals surface area contributed by atoms with Crippen LogP contribution in [-0.4, -0.2) is 5.91 Å². The largest absolute Gasteiger partial charge is 0.416 e. The Bertz CT molecular complexity index is 625. The van der Waals surface area contributed by atoms with Crippen molar-refractivity contribution in [1.29, 1.82) is 0 Å². The molecule has 0 unspecified atom stereocenters. The van der Waals surface area contributed by atoms with Crippen molar-refractivity contribution in [3.63, 3.8) is 0 Å². The maximum absolute atomic E-state index is 12.6. The van der Waals surface area contributed by atoms with Crippen LogP contribution in [0.1, 0.15) is 24.0 Å². The van der Waals surface area contributed by atoms with Crippen molar-refractivity contribution in [2.24, 2.45) is 5.73 Å². The third-order valence-electron chi connectivity index (χ3n) is 2.76. The van der Waals surface area contributed by atoms with Gasteiger partial charge in [0.15, 0.2) is 0 Å². The summed E-state index contributed by atoms with van der Waals surface area (Å²) in [6.07, 6.45) is 10.7. The van der Waals surface area contributed by atoms with Crippen LogP contribution in [0.15, 0.2) is 66.8 Å². The Morgan fingerprint density at radius 2 is 1.70 bits per heavy atom. The van der Waals surface area contributed by atoms with Gasteiger partial charge in [0.1, 0.15) is 0 Å². The number of hydrogen-bond acceptors (Lipinski definition) is 1. The van der Waals surface area contributed by atoms with Gasteiger partial charge in [-0.15, -0.1) is 0 Å². The Morgan fingerprint density at radius 1 is 1.04 bits per heavy atom. The van der Waals surface area contributed by atoms with Crippen molar-refractivity contribution < 1.29 is 18.0 Å². The Hall–Kier alpha value is -2.56. The van der Waals surface area contributed by atoms with Gasteiger partial charge >= 0.3 is 6.18 Å². The van der Waals surface area contributed by atoms with E-state index in [1.165, 1.54) is 12.1 Å². The van der Waals surface area contributed by atoms with Crippen LogP contribution < -0.4 is 5.73 Å². The zero-order valence-electron chi connectivity index (χ0n) is 12.5. The van der Waals surface area contributed by atoms with Crippen LogP contribution in [0.25, 0.3) is 6.08 Å². The van der Waals surface area contributed by atoms with Crippen molar-refractivity contribution in [1.82, 2.24) is 0 Å². The van der Waals surface area contributed by atoms with Crippen molar-refractivity contribution in [3.8, 4) is 0 Å². The van der Waals surface area contributed by atoms with Crippen LogP contribution in [0.2, 0.25) is 0 Å². The van der Waals surface area contributed by atoms with E-state index in [9.17, 15) is 18.0 Å². The summed E-state index contributed by atoms with van der Waals surface area (Å²) in [6, 6.07) is 5.16. The third kappa shape index (κ3) is 8.46. The molecule has 0 aliphatic carbocycles. The molecule has 0 bridgehead atoms. The molecular formula is C18H18F3NO. The molecule has 23 heavy (non-hydrogen) atoms. The average molecular weight is 321 g/mol. The van der Waals surface area contributed by atoms with Gasteiger partial charge in [0.05, 0.1) is 5.56 Å². The molecule has 2 nitrogen and oxygen atoms in total. The lowest BCUT2D eigenvalue weighted by molar-refractivity contribution is -0.137. The molecule has 1 aromatic carbocycles. The number of nitrogens with two attached hydrogens (primary N) is 1. The Balaban J connectivity index is 2.40. The first kappa shape index (κ1) is 18.5. The van der Waals surface area contributed by atoms with Gasteiger partial charge in [-0.05, 0) is 30.5 Å². The maximum atomic E-state index is 12.6. The predicted octanol–water partition coefficient (Wildman–Crippen LogP) is 4.65. The van der Waals surface area contributed by atoms with Gasteiger partial charge in [-0.3, -0.25) is 4.79 Å². The minimum absolute atomic E-state index is 0.491. The molecular weight excluding hydrogens is 303 g/mol. The zero-order valence-corrected chi connectivity index (χ0v) is 12.5. The number of halogens is 3. The normalized spacial score (nSPS) is 13.0. The second-order valence-electron chi connectivity index (χ2n) is 4.68. The molecule has 0 aliphatic heterocycles. The van der Waals surface area contributed by atoms with Gasteiger partial charge in [-0.25, -0.2) is 0 Å². The van der Waals surface area contributed by atoms with Gasteiger partial charge in [-0.1, -0.05) is 54.7 Å². The average Bonchev–Trinajstić information content (AvgIpc) is 2.48. The summed E-state index contributed by atoms with van der Waals surface area (Å²) in [4.78, 5) is 10.4. The second kappa shape index (κ2) is 9.46. The summed E-state index contributed by atoms with van der Waals surface area (Å²) in [7, 11) is 0. The zero-order chi connectivity index (χ0) is 17.1. The predicted molar refractivity (Wildman–Crippen MR) is 86.3 cm³/mol. The Morgan fingerprint density at radius 3 is 2.30 bits per heavy atom. The van der Waals surface area contributed by atoms with Gasteiger partial charge < -0.3 is 5.73 Å². The number of rotatable bonds is 7. The van der Waals surface area contributed by atoms with Crippen LogP contribution in [0, 0.1) is 0 Å². The van der Waals surface area contributed by atoms with Crippen LogP contribution >= 0.6 is 0 Å². The lowest BCUT2D eigenvalue weighted by Gasteiger charge is -2.06. The van der Waals surface area contributed by atoms with Crippen molar-refractivity contribution >= 4 is 12.0 Å². The van der Waals surface area contributed by atoms with E-state index >= 15 is 0 Å². The molecule has 2 N–H and O–H groups in total. The molecule has 0 atom stereocenters. The van der Waals surface area contributed by atoms with Gasteiger partial charge in [0.2, 0.25) is 5.91 Å². The van der Waals surface area contributed by atoms with Crippen LogP contribution in [-0.2, 0) is 11.0 Å². The molecule has 1 rings (SSSR count). The number of amides is 1. The SMILES string of the molecule is NC(=O)C=CC=CCCC=CC=Cc1cccc(C(F)(F)F)c1. The van der Waals surface area contributed by atoms with Crippen molar-refractivity contribution in [2.75, 3.05) is 0 Å². The molecule has 0 spiro atoms. The maximum Gasteiger partial charge on any atom is 0.416 e. The first-order valence-electron chi connectivity index (χ1n) is 7.02. The van der Waals surface area contributed by atoms with Gasteiger partial charge in [-0.2, -0.15) is 13.2 Å². The Kier molecular flexibility index (Phi) is 7.60. The molecule has 0 saturated heterocycles. The summed E-state index contributed by atoms with van der Waals surface area (Å²) in [5.41, 5.74) is 4.77. The smallest absolute Gasteiger partial charge is 0.366 e. The lowest BCUT2D eigenvalue weighted by Crippen LogP contribution is -2.04. The molecule has 122 valence electrons. The fourth-order valence-corrected chi connectivity index (χ4v) is 1.68. The number of unbranched alkanes of at least 4 members (excludes halogenated alkanes) is 1. The minimum Gasteiger partial charge on any atom is -0.366 e. The molecule has 0 fully saturated rings. The van der Waals surface area contributed by atoms with E-state index in [1.54, 1.807) is 36.4 Å². The second-order valence-corrected chi connectivity index (χ2v) is 4.68. The monoisotopic (exact) mass is 321 g/mol. The standard InChI is InChI=1S/C18H18F3NO/c19-18(20,21)16-12-9-11-15(14-16)10-7-5-3-1-2-4-6-8-13-17(22)23/h3-14H,1-2H2,(H2,22,23). The highest BCUT2D eigenvalue weighted by Crippen LogP contribution is 2.29. The number of alkyl halides is 3. The quantitative estimate of drug-likeness (QED) is 0.443. The van der Waals surface area contributed by atoms with Crippen molar-refractivity contribution in [3.05, 3.63) is 77.9 Å². The molecule has 0 saturated carbocycles. The highest BCUT2D eigenvalue weighted by Gasteiger charge is 2.30. The summed E-state index contributed by atoms with van der Waals surface area (Å²) in [5, 5.41) is 0. The highest BCUT2D eigenvalue weighted by atomic mass is 19.4. The topological polar surface area (TPSA) is 43.1 Å².